The predicted octanol–water partition coefficient (Wildman–Crippen LogP) is 2.93. The molecule has 0 aromatic rings. The van der Waals surface area contributed by atoms with E-state index in [4.69, 9.17) is 0 Å². The predicted molar refractivity (Wildman–Crippen MR) is 62.6 cm³/mol. The Morgan fingerprint density at radius 1 is 1.43 bits per heavy atom. The van der Waals surface area contributed by atoms with Gasteiger partial charge in [0.2, 0.25) is 0 Å². The van der Waals surface area contributed by atoms with Gasteiger partial charge in [0.1, 0.15) is 0 Å². The SMILES string of the molecule is CSCCCC1(CO)CC2CCC1C2. The van der Waals surface area contributed by atoms with Crippen molar-refractivity contribution in [1.82, 2.24) is 0 Å². The van der Waals surface area contributed by atoms with E-state index < -0.39 is 0 Å². The lowest BCUT2D eigenvalue weighted by molar-refractivity contribution is 0.0559. The van der Waals surface area contributed by atoms with E-state index in [1.54, 1.807) is 0 Å². The minimum Gasteiger partial charge on any atom is -0.396 e. The van der Waals surface area contributed by atoms with Crippen molar-refractivity contribution in [2.45, 2.75) is 38.5 Å². The Bertz CT molecular complexity index is 195. The molecule has 0 spiro atoms. The average molecular weight is 214 g/mol. The zero-order valence-electron chi connectivity index (χ0n) is 9.17. The summed E-state index contributed by atoms with van der Waals surface area (Å²) in [6, 6.07) is 0. The molecule has 0 saturated heterocycles. The Morgan fingerprint density at radius 2 is 2.29 bits per heavy atom. The van der Waals surface area contributed by atoms with Gasteiger partial charge in [-0.15, -0.1) is 0 Å². The second kappa shape index (κ2) is 4.44. The van der Waals surface area contributed by atoms with Crippen LogP contribution in [-0.4, -0.2) is 23.7 Å². The largest absolute Gasteiger partial charge is 0.396 e. The Kier molecular flexibility index (Phi) is 3.43. The molecule has 1 nitrogen and oxygen atoms in total. The van der Waals surface area contributed by atoms with Gasteiger partial charge in [-0.1, -0.05) is 6.42 Å². The van der Waals surface area contributed by atoms with E-state index in [0.717, 1.165) is 11.8 Å². The summed E-state index contributed by atoms with van der Waals surface area (Å²) in [5.41, 5.74) is 0.346. The molecule has 0 amide bonds. The molecule has 0 aromatic carbocycles. The summed E-state index contributed by atoms with van der Waals surface area (Å²) in [5, 5.41) is 9.63. The van der Waals surface area contributed by atoms with Crippen molar-refractivity contribution in [1.29, 1.82) is 0 Å². The third-order valence-electron chi connectivity index (χ3n) is 4.44. The number of aliphatic hydroxyl groups excluding tert-OH is 1. The molecule has 3 unspecified atom stereocenters. The molecule has 82 valence electrons. The maximum atomic E-state index is 9.63. The molecule has 2 aliphatic rings. The van der Waals surface area contributed by atoms with Crippen LogP contribution in [0.1, 0.15) is 38.5 Å². The molecule has 1 N–H and O–H groups in total. The van der Waals surface area contributed by atoms with Crippen LogP contribution < -0.4 is 0 Å². The fourth-order valence-corrected chi connectivity index (χ4v) is 4.14. The number of hydrogen-bond donors (Lipinski definition) is 1. The molecule has 3 atom stereocenters. The van der Waals surface area contributed by atoms with Crippen LogP contribution in [0.15, 0.2) is 0 Å². The highest BCUT2D eigenvalue weighted by molar-refractivity contribution is 7.98. The topological polar surface area (TPSA) is 20.2 Å². The highest BCUT2D eigenvalue weighted by Gasteiger charge is 2.49. The summed E-state index contributed by atoms with van der Waals surface area (Å²) in [4.78, 5) is 0. The van der Waals surface area contributed by atoms with E-state index in [1.165, 1.54) is 44.3 Å². The maximum Gasteiger partial charge on any atom is 0.0490 e. The third kappa shape index (κ3) is 1.83. The molecule has 0 aliphatic heterocycles. The molecule has 2 saturated carbocycles. The van der Waals surface area contributed by atoms with Crippen LogP contribution in [-0.2, 0) is 0 Å². The molecule has 0 heterocycles. The number of fused-ring (bicyclic) bond motifs is 2. The van der Waals surface area contributed by atoms with Crippen molar-refractivity contribution in [3.8, 4) is 0 Å². The Labute approximate surface area is 91.7 Å². The van der Waals surface area contributed by atoms with Gasteiger partial charge in [0, 0.05) is 6.61 Å². The van der Waals surface area contributed by atoms with E-state index >= 15 is 0 Å². The van der Waals surface area contributed by atoms with Crippen molar-refractivity contribution in [3.63, 3.8) is 0 Å². The molecular formula is C12H22OS. The summed E-state index contributed by atoms with van der Waals surface area (Å²) in [6.45, 7) is 0.447. The number of thioether (sulfide) groups is 1. The first-order valence-corrected chi connectivity index (χ1v) is 7.30. The number of aliphatic hydroxyl groups is 1. The van der Waals surface area contributed by atoms with Gasteiger partial charge in [0.25, 0.3) is 0 Å². The minimum absolute atomic E-state index is 0.346. The monoisotopic (exact) mass is 214 g/mol. The van der Waals surface area contributed by atoms with Crippen LogP contribution in [0.3, 0.4) is 0 Å². The first-order valence-electron chi connectivity index (χ1n) is 5.90. The van der Waals surface area contributed by atoms with Crippen molar-refractivity contribution in [3.05, 3.63) is 0 Å². The second-order valence-electron chi connectivity index (χ2n) is 5.20. The van der Waals surface area contributed by atoms with Crippen LogP contribution in [0.25, 0.3) is 0 Å². The zero-order valence-corrected chi connectivity index (χ0v) is 9.98. The van der Waals surface area contributed by atoms with Gasteiger partial charge in [0.15, 0.2) is 0 Å². The van der Waals surface area contributed by atoms with E-state index in [0.29, 0.717) is 12.0 Å². The van der Waals surface area contributed by atoms with E-state index in [2.05, 4.69) is 6.26 Å². The minimum atomic E-state index is 0.346. The van der Waals surface area contributed by atoms with Gasteiger partial charge in [-0.25, -0.2) is 0 Å². The van der Waals surface area contributed by atoms with Crippen molar-refractivity contribution in [2.24, 2.45) is 17.3 Å². The molecule has 2 fully saturated rings. The molecule has 14 heavy (non-hydrogen) atoms. The lowest BCUT2D eigenvalue weighted by Gasteiger charge is -2.36. The van der Waals surface area contributed by atoms with E-state index in [1.807, 2.05) is 11.8 Å². The van der Waals surface area contributed by atoms with E-state index in [-0.39, 0.29) is 0 Å². The van der Waals surface area contributed by atoms with Crippen molar-refractivity contribution < 1.29 is 5.11 Å². The number of hydrogen-bond acceptors (Lipinski definition) is 2. The average Bonchev–Trinajstić information content (AvgIpc) is 2.78. The van der Waals surface area contributed by atoms with E-state index in [9.17, 15) is 5.11 Å². The van der Waals surface area contributed by atoms with Crippen molar-refractivity contribution in [2.75, 3.05) is 18.6 Å². The normalized spacial score (nSPS) is 40.7. The van der Waals surface area contributed by atoms with Gasteiger partial charge in [0.05, 0.1) is 0 Å². The molecule has 2 aliphatic carbocycles. The quantitative estimate of drug-likeness (QED) is 0.710. The van der Waals surface area contributed by atoms with Crippen LogP contribution in [0, 0.1) is 17.3 Å². The Hall–Kier alpha value is 0.310. The summed E-state index contributed by atoms with van der Waals surface area (Å²) in [6.07, 6.45) is 10.3. The summed E-state index contributed by atoms with van der Waals surface area (Å²) in [7, 11) is 0. The summed E-state index contributed by atoms with van der Waals surface area (Å²) >= 11 is 1.93. The molecule has 2 bridgehead atoms. The smallest absolute Gasteiger partial charge is 0.0490 e. The zero-order chi connectivity index (χ0) is 10.0. The standard InChI is InChI=1S/C12H22OS/c1-14-6-2-5-12(9-13)8-10-3-4-11(12)7-10/h10-11,13H,2-9H2,1H3. The fraction of sp³-hybridized carbons (Fsp3) is 1.00. The van der Waals surface area contributed by atoms with Crippen LogP contribution in [0.4, 0.5) is 0 Å². The Morgan fingerprint density at radius 3 is 2.79 bits per heavy atom. The second-order valence-corrected chi connectivity index (χ2v) is 6.18. The molecule has 0 radical (unpaired) electrons. The van der Waals surface area contributed by atoms with Crippen LogP contribution >= 0.6 is 11.8 Å². The summed E-state index contributed by atoms with van der Waals surface area (Å²) < 4.78 is 0. The molecular weight excluding hydrogens is 192 g/mol. The highest BCUT2D eigenvalue weighted by atomic mass is 32.2. The third-order valence-corrected chi connectivity index (χ3v) is 5.14. The molecule has 2 rings (SSSR count). The van der Waals surface area contributed by atoms with Gasteiger partial charge in [-0.05, 0) is 61.4 Å². The van der Waals surface area contributed by atoms with Crippen molar-refractivity contribution >= 4 is 11.8 Å². The lowest BCUT2D eigenvalue weighted by Crippen LogP contribution is -2.31. The number of rotatable bonds is 5. The first kappa shape index (κ1) is 10.8. The van der Waals surface area contributed by atoms with Crippen LogP contribution in [0.5, 0.6) is 0 Å². The van der Waals surface area contributed by atoms with Crippen LogP contribution in [0.2, 0.25) is 0 Å². The van der Waals surface area contributed by atoms with Gasteiger partial charge in [-0.3, -0.25) is 0 Å². The maximum absolute atomic E-state index is 9.63. The van der Waals surface area contributed by atoms with Gasteiger partial charge in [-0.2, -0.15) is 11.8 Å². The fourth-order valence-electron chi connectivity index (χ4n) is 3.71. The van der Waals surface area contributed by atoms with Gasteiger partial charge >= 0.3 is 0 Å². The van der Waals surface area contributed by atoms with Gasteiger partial charge < -0.3 is 5.11 Å². The lowest BCUT2D eigenvalue weighted by atomic mass is 9.71. The first-order chi connectivity index (χ1) is 6.80. The molecule has 0 aromatic heterocycles. The molecule has 2 heteroatoms. The summed E-state index contributed by atoms with van der Waals surface area (Å²) in [5.74, 6) is 3.08. The Balaban J connectivity index is 1.90. The highest BCUT2D eigenvalue weighted by Crippen LogP contribution is 2.57.